The summed E-state index contributed by atoms with van der Waals surface area (Å²) in [6.07, 6.45) is 4.13. The maximum Gasteiger partial charge on any atom is 0.178 e. The van der Waals surface area contributed by atoms with Crippen LogP contribution in [0.4, 0.5) is 10.7 Å². The summed E-state index contributed by atoms with van der Waals surface area (Å²) in [6.45, 7) is 6.75. The van der Waals surface area contributed by atoms with Crippen LogP contribution in [0.3, 0.4) is 0 Å². The van der Waals surface area contributed by atoms with Gasteiger partial charge in [-0.05, 0) is 30.9 Å². The van der Waals surface area contributed by atoms with Gasteiger partial charge in [0, 0.05) is 19.0 Å². The maximum absolute atomic E-state index is 12.4. The van der Waals surface area contributed by atoms with Crippen LogP contribution in [-0.4, -0.2) is 25.1 Å². The van der Waals surface area contributed by atoms with Crippen LogP contribution < -0.4 is 10.6 Å². The number of carbonyl (C=O) groups excluding carboxylic acids is 1. The molecule has 2 unspecified atom stereocenters. The number of nitrogens with two attached hydrogens (primary N) is 1. The highest BCUT2D eigenvalue weighted by atomic mass is 32.2. The lowest BCUT2D eigenvalue weighted by molar-refractivity contribution is 0.0972. The van der Waals surface area contributed by atoms with Crippen LogP contribution in [0.25, 0.3) is 0 Å². The Hall–Kier alpha value is -0.680. The van der Waals surface area contributed by atoms with Gasteiger partial charge in [-0.15, -0.1) is 23.1 Å². The van der Waals surface area contributed by atoms with Gasteiger partial charge in [0.2, 0.25) is 0 Å². The molecule has 1 aromatic heterocycles. The average Bonchev–Trinajstić information content (AvgIpc) is 3.14. The van der Waals surface area contributed by atoms with Gasteiger partial charge in [0.25, 0.3) is 0 Å². The predicted molar refractivity (Wildman–Crippen MR) is 88.1 cm³/mol. The number of thiophene rings is 1. The van der Waals surface area contributed by atoms with Gasteiger partial charge >= 0.3 is 0 Å². The Morgan fingerprint density at radius 1 is 1.30 bits per heavy atom. The van der Waals surface area contributed by atoms with E-state index < -0.39 is 0 Å². The van der Waals surface area contributed by atoms with E-state index in [0.29, 0.717) is 11.8 Å². The zero-order valence-corrected chi connectivity index (χ0v) is 13.9. The normalized spacial score (nSPS) is 26.2. The van der Waals surface area contributed by atoms with Crippen LogP contribution in [0.5, 0.6) is 0 Å². The summed E-state index contributed by atoms with van der Waals surface area (Å²) in [6, 6.07) is 0. The topological polar surface area (TPSA) is 46.3 Å². The van der Waals surface area contributed by atoms with Gasteiger partial charge in [-0.25, -0.2) is 0 Å². The third kappa shape index (κ3) is 2.35. The number of rotatable bonds is 4. The number of carbonyl (C=O) groups is 1. The van der Waals surface area contributed by atoms with E-state index in [-0.39, 0.29) is 11.7 Å². The molecular formula is C15H22N2OS2. The number of nitrogens with zero attached hydrogens (tertiary/aromatic N) is 1. The Morgan fingerprint density at radius 2 is 1.90 bits per heavy atom. The van der Waals surface area contributed by atoms with E-state index >= 15 is 0 Å². The Labute approximate surface area is 128 Å². The molecule has 0 bridgehead atoms. The van der Waals surface area contributed by atoms with E-state index in [0.717, 1.165) is 41.4 Å². The highest BCUT2D eigenvalue weighted by molar-refractivity contribution is 7.99. The molecule has 1 aliphatic carbocycles. The van der Waals surface area contributed by atoms with Crippen LogP contribution >= 0.6 is 23.1 Å². The van der Waals surface area contributed by atoms with Gasteiger partial charge in [0.05, 0.1) is 15.5 Å². The standard InChI is InChI=1S/C15H22N2OS2/c1-8-6-17(7-9(8)2)15-14(19-3)11(16)13(20-15)12(18)10-4-5-10/h8-10H,4-7,16H2,1-3H3. The molecule has 1 aromatic rings. The molecule has 2 fully saturated rings. The Balaban J connectivity index is 1.94. The molecule has 2 atom stereocenters. The molecule has 3 rings (SSSR count). The second-order valence-electron chi connectivity index (χ2n) is 6.18. The molecule has 0 radical (unpaired) electrons. The lowest BCUT2D eigenvalue weighted by Gasteiger charge is -2.17. The van der Waals surface area contributed by atoms with Crippen molar-refractivity contribution in [3.05, 3.63) is 4.88 Å². The lowest BCUT2D eigenvalue weighted by Crippen LogP contribution is -2.18. The van der Waals surface area contributed by atoms with Crippen LogP contribution in [0.15, 0.2) is 4.90 Å². The van der Waals surface area contributed by atoms with Gasteiger partial charge < -0.3 is 10.6 Å². The lowest BCUT2D eigenvalue weighted by atomic mass is 10.0. The molecule has 0 amide bonds. The molecule has 20 heavy (non-hydrogen) atoms. The number of hydrogen-bond acceptors (Lipinski definition) is 5. The molecule has 1 aliphatic heterocycles. The number of Topliss-reactive ketones (excluding diaryl/α,β-unsaturated/α-hetero) is 1. The first-order chi connectivity index (χ1) is 9.52. The summed E-state index contributed by atoms with van der Waals surface area (Å²) in [4.78, 5) is 16.7. The molecule has 1 saturated heterocycles. The number of ketones is 1. The summed E-state index contributed by atoms with van der Waals surface area (Å²) in [7, 11) is 0. The van der Waals surface area contributed by atoms with E-state index in [1.54, 1.807) is 23.1 Å². The molecule has 2 N–H and O–H groups in total. The number of hydrogen-bond donors (Lipinski definition) is 1. The van der Waals surface area contributed by atoms with Gasteiger partial charge in [-0.1, -0.05) is 13.8 Å². The first-order valence-corrected chi connectivity index (χ1v) is 9.32. The Bertz CT molecular complexity index is 526. The smallest absolute Gasteiger partial charge is 0.178 e. The van der Waals surface area contributed by atoms with Crippen molar-refractivity contribution >= 4 is 39.6 Å². The third-order valence-corrected chi connectivity index (χ3v) is 6.77. The van der Waals surface area contributed by atoms with E-state index in [4.69, 9.17) is 5.73 Å². The van der Waals surface area contributed by atoms with Gasteiger partial charge in [-0.3, -0.25) is 4.79 Å². The van der Waals surface area contributed by atoms with Crippen LogP contribution in [0, 0.1) is 17.8 Å². The zero-order valence-electron chi connectivity index (χ0n) is 12.3. The van der Waals surface area contributed by atoms with Crippen LogP contribution in [0.2, 0.25) is 0 Å². The van der Waals surface area contributed by atoms with Gasteiger partial charge in [-0.2, -0.15) is 0 Å². The second-order valence-corrected chi connectivity index (χ2v) is 8.00. The first kappa shape index (κ1) is 14.3. The van der Waals surface area contributed by atoms with Crippen molar-refractivity contribution in [3.63, 3.8) is 0 Å². The summed E-state index contributed by atoms with van der Waals surface area (Å²) < 4.78 is 0. The molecule has 2 heterocycles. The van der Waals surface area contributed by atoms with Crippen molar-refractivity contribution in [3.8, 4) is 0 Å². The highest BCUT2D eigenvalue weighted by Gasteiger charge is 2.36. The fraction of sp³-hybridized carbons (Fsp3) is 0.667. The van der Waals surface area contributed by atoms with Crippen molar-refractivity contribution in [2.45, 2.75) is 31.6 Å². The maximum atomic E-state index is 12.4. The molecule has 110 valence electrons. The molecule has 1 saturated carbocycles. The fourth-order valence-corrected chi connectivity index (χ4v) is 5.05. The second kappa shape index (κ2) is 5.26. The predicted octanol–water partition coefficient (Wildman–Crippen LogP) is 3.74. The quantitative estimate of drug-likeness (QED) is 0.680. The van der Waals surface area contributed by atoms with Crippen molar-refractivity contribution in [2.24, 2.45) is 17.8 Å². The van der Waals surface area contributed by atoms with Crippen molar-refractivity contribution < 1.29 is 4.79 Å². The van der Waals surface area contributed by atoms with E-state index in [1.807, 2.05) is 0 Å². The minimum absolute atomic E-state index is 0.245. The summed E-state index contributed by atoms with van der Waals surface area (Å²) in [5.74, 6) is 1.93. The summed E-state index contributed by atoms with van der Waals surface area (Å²) in [5.41, 5.74) is 6.98. The molecule has 2 aliphatic rings. The minimum Gasteiger partial charge on any atom is -0.396 e. The van der Waals surface area contributed by atoms with Crippen LogP contribution in [-0.2, 0) is 0 Å². The molecule has 0 spiro atoms. The summed E-state index contributed by atoms with van der Waals surface area (Å²) >= 11 is 3.29. The van der Waals surface area contributed by atoms with Crippen molar-refractivity contribution in [1.82, 2.24) is 0 Å². The molecule has 3 nitrogen and oxygen atoms in total. The molecular weight excluding hydrogens is 288 g/mol. The van der Waals surface area contributed by atoms with Crippen molar-refractivity contribution in [2.75, 3.05) is 30.0 Å². The number of anilines is 2. The Morgan fingerprint density at radius 3 is 2.40 bits per heavy atom. The highest BCUT2D eigenvalue weighted by Crippen LogP contribution is 2.48. The van der Waals surface area contributed by atoms with Gasteiger partial charge in [0.1, 0.15) is 5.00 Å². The van der Waals surface area contributed by atoms with E-state index in [2.05, 4.69) is 25.0 Å². The van der Waals surface area contributed by atoms with Crippen LogP contribution in [0.1, 0.15) is 36.4 Å². The Kier molecular flexibility index (Phi) is 3.75. The fourth-order valence-electron chi connectivity index (χ4n) is 2.83. The van der Waals surface area contributed by atoms with E-state index in [9.17, 15) is 4.79 Å². The average molecular weight is 310 g/mol. The number of thioether (sulfide) groups is 1. The third-order valence-electron chi connectivity index (χ3n) is 4.53. The number of nitrogen functional groups attached to an aromatic ring is 1. The van der Waals surface area contributed by atoms with E-state index in [1.165, 1.54) is 5.00 Å². The SMILES string of the molecule is CSc1c(N2CC(C)C(C)C2)sc(C(=O)C2CC2)c1N. The molecule has 5 heteroatoms. The zero-order chi connectivity index (χ0) is 14.4. The summed E-state index contributed by atoms with van der Waals surface area (Å²) in [5, 5.41) is 1.22. The van der Waals surface area contributed by atoms with Gasteiger partial charge in [0.15, 0.2) is 5.78 Å². The molecule has 0 aromatic carbocycles. The monoisotopic (exact) mass is 310 g/mol. The largest absolute Gasteiger partial charge is 0.396 e. The first-order valence-electron chi connectivity index (χ1n) is 7.28. The van der Waals surface area contributed by atoms with Crippen molar-refractivity contribution in [1.29, 1.82) is 0 Å². The minimum atomic E-state index is 0.245.